The van der Waals surface area contributed by atoms with Gasteiger partial charge in [0, 0.05) is 0 Å². The number of carboxylic acid groups (broad SMARTS) is 1. The minimum atomic E-state index is -1.88. The first-order chi connectivity index (χ1) is 6.73. The molecule has 0 radical (unpaired) electrons. The molecule has 1 fully saturated rings. The first-order valence-corrected chi connectivity index (χ1v) is 5.88. The van der Waals surface area contributed by atoms with Gasteiger partial charge >= 0.3 is 6.09 Å². The molecule has 15 heavy (non-hydrogen) atoms. The minimum Gasteiger partial charge on any atom is -0.464 e. The van der Waals surface area contributed by atoms with Gasteiger partial charge in [0.05, 0.1) is 12.1 Å². The lowest BCUT2D eigenvalue weighted by atomic mass is 9.83. The quantitative estimate of drug-likeness (QED) is 0.695. The number of hydrogen-bond donors (Lipinski definition) is 1. The SMILES string of the molecule is C[C@H]1CC(C(C)(C)C)N(C(=O)O)S(=O)O1. The smallest absolute Gasteiger partial charge is 0.421 e. The van der Waals surface area contributed by atoms with E-state index in [0.29, 0.717) is 6.42 Å². The van der Waals surface area contributed by atoms with E-state index < -0.39 is 17.4 Å². The highest BCUT2D eigenvalue weighted by Crippen LogP contribution is 2.33. The lowest BCUT2D eigenvalue weighted by molar-refractivity contribution is 0.0665. The molecule has 1 aliphatic heterocycles. The molecule has 0 aliphatic carbocycles. The largest absolute Gasteiger partial charge is 0.464 e. The zero-order chi connectivity index (χ0) is 11.8. The normalized spacial score (nSPS) is 32.8. The van der Waals surface area contributed by atoms with Gasteiger partial charge in [-0.25, -0.2) is 9.00 Å². The summed E-state index contributed by atoms with van der Waals surface area (Å²) in [6, 6.07) is -0.278. The summed E-state index contributed by atoms with van der Waals surface area (Å²) >= 11 is -1.88. The Morgan fingerprint density at radius 3 is 2.47 bits per heavy atom. The number of carbonyl (C=O) groups is 1. The Bertz CT molecular complexity index is 286. The van der Waals surface area contributed by atoms with E-state index in [2.05, 4.69) is 0 Å². The third-order valence-electron chi connectivity index (χ3n) is 2.43. The van der Waals surface area contributed by atoms with Crippen LogP contribution in [-0.2, 0) is 15.4 Å². The maximum Gasteiger partial charge on any atom is 0.421 e. The van der Waals surface area contributed by atoms with Gasteiger partial charge in [-0.05, 0) is 18.8 Å². The lowest BCUT2D eigenvalue weighted by Gasteiger charge is -2.41. The van der Waals surface area contributed by atoms with Crippen LogP contribution in [-0.4, -0.2) is 31.9 Å². The standard InChI is InChI=1S/C9H17NO4S/c1-6-5-7(9(2,3)4)10(8(11)12)15(13)14-6/h6-7H,5H2,1-4H3,(H,11,12)/t6-,7?,15?/m0/s1. The first-order valence-electron chi connectivity index (χ1n) is 4.84. The van der Waals surface area contributed by atoms with Gasteiger partial charge in [0.15, 0.2) is 0 Å². The Hall–Kier alpha value is -0.620. The molecule has 1 heterocycles. The van der Waals surface area contributed by atoms with Crippen molar-refractivity contribution >= 4 is 17.4 Å². The molecular formula is C9H17NO4S. The second kappa shape index (κ2) is 4.09. The third kappa shape index (κ3) is 2.69. The molecule has 0 saturated carbocycles. The zero-order valence-corrected chi connectivity index (χ0v) is 10.2. The van der Waals surface area contributed by atoms with Gasteiger partial charge < -0.3 is 5.11 Å². The fourth-order valence-corrected chi connectivity index (χ4v) is 2.83. The first kappa shape index (κ1) is 12.4. The van der Waals surface area contributed by atoms with Crippen molar-refractivity contribution < 1.29 is 18.3 Å². The van der Waals surface area contributed by atoms with Gasteiger partial charge in [0.1, 0.15) is 0 Å². The fraction of sp³-hybridized carbons (Fsp3) is 0.889. The highest BCUT2D eigenvalue weighted by molar-refractivity contribution is 7.78. The van der Waals surface area contributed by atoms with E-state index in [0.717, 1.165) is 4.31 Å². The van der Waals surface area contributed by atoms with Crippen molar-refractivity contribution in [2.45, 2.75) is 46.3 Å². The summed E-state index contributed by atoms with van der Waals surface area (Å²) in [5.41, 5.74) is -0.244. The molecular weight excluding hydrogens is 218 g/mol. The van der Waals surface area contributed by atoms with Crippen molar-refractivity contribution in [3.8, 4) is 0 Å². The van der Waals surface area contributed by atoms with Crippen molar-refractivity contribution in [1.29, 1.82) is 0 Å². The summed E-state index contributed by atoms with van der Waals surface area (Å²) in [6.45, 7) is 7.60. The van der Waals surface area contributed by atoms with Crippen LogP contribution < -0.4 is 0 Å². The van der Waals surface area contributed by atoms with Gasteiger partial charge in [0.25, 0.3) is 11.3 Å². The lowest BCUT2D eigenvalue weighted by Crippen LogP contribution is -2.53. The highest BCUT2D eigenvalue weighted by atomic mass is 32.2. The second-order valence-corrected chi connectivity index (χ2v) is 5.87. The topological polar surface area (TPSA) is 66.8 Å². The van der Waals surface area contributed by atoms with Gasteiger partial charge in [-0.1, -0.05) is 20.8 Å². The number of amides is 1. The van der Waals surface area contributed by atoms with Crippen LogP contribution in [0.1, 0.15) is 34.1 Å². The maximum absolute atomic E-state index is 11.5. The summed E-state index contributed by atoms with van der Waals surface area (Å²) in [6.07, 6.45) is -0.799. The molecule has 1 N–H and O–H groups in total. The molecule has 1 rings (SSSR count). The van der Waals surface area contributed by atoms with Gasteiger partial charge in [0.2, 0.25) is 0 Å². The Kier molecular flexibility index (Phi) is 3.40. The molecule has 88 valence electrons. The molecule has 5 nitrogen and oxygen atoms in total. The van der Waals surface area contributed by atoms with Crippen LogP contribution in [0.25, 0.3) is 0 Å². The third-order valence-corrected chi connectivity index (χ3v) is 3.66. The molecule has 0 spiro atoms. The Morgan fingerprint density at radius 2 is 2.07 bits per heavy atom. The van der Waals surface area contributed by atoms with E-state index in [-0.39, 0.29) is 17.6 Å². The maximum atomic E-state index is 11.5. The van der Waals surface area contributed by atoms with E-state index in [4.69, 9.17) is 9.29 Å². The molecule has 0 aromatic rings. The number of hydrogen-bond acceptors (Lipinski definition) is 3. The summed E-state index contributed by atoms with van der Waals surface area (Å²) < 4.78 is 17.4. The molecule has 0 aromatic carbocycles. The van der Waals surface area contributed by atoms with Crippen LogP contribution in [0.5, 0.6) is 0 Å². The fourth-order valence-electron chi connectivity index (χ4n) is 1.64. The van der Waals surface area contributed by atoms with Crippen molar-refractivity contribution in [3.63, 3.8) is 0 Å². The van der Waals surface area contributed by atoms with Crippen molar-refractivity contribution in [3.05, 3.63) is 0 Å². The monoisotopic (exact) mass is 235 g/mol. The molecule has 0 bridgehead atoms. The van der Waals surface area contributed by atoms with Gasteiger partial charge in [-0.15, -0.1) is 0 Å². The van der Waals surface area contributed by atoms with Crippen LogP contribution in [0.4, 0.5) is 4.79 Å². The average molecular weight is 235 g/mol. The highest BCUT2D eigenvalue weighted by Gasteiger charge is 2.42. The van der Waals surface area contributed by atoms with E-state index in [1.165, 1.54) is 0 Å². The van der Waals surface area contributed by atoms with Crippen LogP contribution in [0.2, 0.25) is 0 Å². The molecule has 6 heteroatoms. The van der Waals surface area contributed by atoms with Crippen LogP contribution >= 0.6 is 0 Å². The van der Waals surface area contributed by atoms with E-state index in [1.54, 1.807) is 6.92 Å². The van der Waals surface area contributed by atoms with Crippen LogP contribution in [0, 0.1) is 5.41 Å². The summed E-state index contributed by atoms with van der Waals surface area (Å²) in [4.78, 5) is 11.0. The minimum absolute atomic E-state index is 0.175. The van der Waals surface area contributed by atoms with Crippen molar-refractivity contribution in [2.24, 2.45) is 5.41 Å². The molecule has 1 saturated heterocycles. The molecule has 1 amide bonds. The summed E-state index contributed by atoms with van der Waals surface area (Å²) in [7, 11) is 0. The average Bonchev–Trinajstić information content (AvgIpc) is 1.99. The molecule has 0 aromatic heterocycles. The molecule has 2 unspecified atom stereocenters. The number of nitrogens with zero attached hydrogens (tertiary/aromatic N) is 1. The van der Waals surface area contributed by atoms with E-state index in [1.807, 2.05) is 20.8 Å². The van der Waals surface area contributed by atoms with Crippen molar-refractivity contribution in [2.75, 3.05) is 0 Å². The zero-order valence-electron chi connectivity index (χ0n) is 9.39. The molecule has 3 atom stereocenters. The number of rotatable bonds is 0. The second-order valence-electron chi connectivity index (χ2n) is 4.85. The van der Waals surface area contributed by atoms with Gasteiger partial charge in [-0.2, -0.15) is 4.31 Å². The Balaban J connectivity index is 2.98. The predicted octanol–water partition coefficient (Wildman–Crippen LogP) is 1.77. The van der Waals surface area contributed by atoms with E-state index >= 15 is 0 Å². The van der Waals surface area contributed by atoms with Gasteiger partial charge in [-0.3, -0.25) is 4.18 Å². The summed E-state index contributed by atoms with van der Waals surface area (Å²) in [5.74, 6) is 0. The van der Waals surface area contributed by atoms with Crippen molar-refractivity contribution in [1.82, 2.24) is 4.31 Å². The van der Waals surface area contributed by atoms with Crippen LogP contribution in [0.15, 0.2) is 0 Å². The Labute approximate surface area is 92.2 Å². The summed E-state index contributed by atoms with van der Waals surface area (Å²) in [5, 5.41) is 8.98. The van der Waals surface area contributed by atoms with Crippen LogP contribution in [0.3, 0.4) is 0 Å². The Morgan fingerprint density at radius 1 is 1.53 bits per heavy atom. The molecule has 1 aliphatic rings. The predicted molar refractivity (Wildman–Crippen MR) is 56.4 cm³/mol. The van der Waals surface area contributed by atoms with E-state index in [9.17, 15) is 9.00 Å².